The lowest BCUT2D eigenvalue weighted by molar-refractivity contribution is 0.628. The van der Waals surface area contributed by atoms with Gasteiger partial charge in [0.05, 0.1) is 0 Å². The predicted octanol–water partition coefficient (Wildman–Crippen LogP) is 5.91. The highest BCUT2D eigenvalue weighted by Gasteiger charge is 2.43. The van der Waals surface area contributed by atoms with E-state index in [1.807, 2.05) is 36.4 Å². The van der Waals surface area contributed by atoms with Gasteiger partial charge in [0.1, 0.15) is 5.82 Å². The van der Waals surface area contributed by atoms with Crippen LogP contribution in [0.2, 0.25) is 0 Å². The smallest absolute Gasteiger partial charge is 0.252 e. The summed E-state index contributed by atoms with van der Waals surface area (Å²) in [5, 5.41) is 0. The first kappa shape index (κ1) is 19.2. The number of hydrogen-bond donors (Lipinski definition) is 0. The van der Waals surface area contributed by atoms with E-state index in [2.05, 4.69) is 82.6 Å². The molecule has 7 rings (SSSR count). The van der Waals surface area contributed by atoms with E-state index < -0.39 is 0 Å². The van der Waals surface area contributed by atoms with Crippen molar-refractivity contribution >= 4 is 57.2 Å². The van der Waals surface area contributed by atoms with Gasteiger partial charge in [-0.3, -0.25) is 0 Å². The van der Waals surface area contributed by atoms with Crippen LogP contribution in [0.1, 0.15) is 0 Å². The maximum atomic E-state index is 15.4. The zero-order valence-corrected chi connectivity index (χ0v) is 18.4. The SMILES string of the molecule is Fc1cc2c3c(c1)N(c1ccccc1)c1ccccc1B3c1ccccc1N2c1ccccc1. The van der Waals surface area contributed by atoms with E-state index in [0.29, 0.717) is 0 Å². The van der Waals surface area contributed by atoms with E-state index >= 15 is 4.39 Å². The maximum absolute atomic E-state index is 15.4. The molecule has 0 saturated heterocycles. The molecule has 34 heavy (non-hydrogen) atoms. The zero-order valence-electron chi connectivity index (χ0n) is 18.4. The molecule has 160 valence electrons. The van der Waals surface area contributed by atoms with Crippen LogP contribution in [0.3, 0.4) is 0 Å². The lowest BCUT2D eigenvalue weighted by Crippen LogP contribution is -2.61. The first-order chi connectivity index (χ1) is 16.8. The number of anilines is 6. The van der Waals surface area contributed by atoms with Gasteiger partial charge in [0, 0.05) is 34.1 Å². The van der Waals surface area contributed by atoms with Crippen molar-refractivity contribution in [1.82, 2.24) is 0 Å². The van der Waals surface area contributed by atoms with Gasteiger partial charge in [-0.1, -0.05) is 72.8 Å². The number of fused-ring (bicyclic) bond motifs is 4. The molecular weight excluding hydrogens is 418 g/mol. The van der Waals surface area contributed by atoms with Crippen molar-refractivity contribution in [1.29, 1.82) is 0 Å². The Morgan fingerprint density at radius 2 is 0.882 bits per heavy atom. The summed E-state index contributed by atoms with van der Waals surface area (Å²) in [4.78, 5) is 4.40. The Bertz CT molecular complexity index is 1420. The first-order valence-electron chi connectivity index (χ1n) is 11.5. The Morgan fingerprint density at radius 1 is 0.471 bits per heavy atom. The molecule has 0 bridgehead atoms. The van der Waals surface area contributed by atoms with Gasteiger partial charge in [-0.05, 0) is 64.9 Å². The monoisotopic (exact) mass is 438 g/mol. The fraction of sp³-hybridized carbons (Fsp3) is 0. The molecule has 2 aliphatic heterocycles. The molecule has 0 fully saturated rings. The maximum Gasteiger partial charge on any atom is 0.252 e. The van der Waals surface area contributed by atoms with Crippen molar-refractivity contribution in [2.75, 3.05) is 9.80 Å². The highest BCUT2D eigenvalue weighted by atomic mass is 19.1. The molecule has 4 heteroatoms. The van der Waals surface area contributed by atoms with Crippen LogP contribution in [0.25, 0.3) is 0 Å². The van der Waals surface area contributed by atoms with Gasteiger partial charge in [-0.15, -0.1) is 0 Å². The van der Waals surface area contributed by atoms with Crippen molar-refractivity contribution in [3.63, 3.8) is 0 Å². The van der Waals surface area contributed by atoms with E-state index in [1.54, 1.807) is 12.1 Å². The molecule has 5 aromatic rings. The second-order valence-electron chi connectivity index (χ2n) is 8.75. The fourth-order valence-corrected chi connectivity index (χ4v) is 5.57. The Hall–Kier alpha value is -4.31. The minimum absolute atomic E-state index is 0.0259. The molecule has 0 radical (unpaired) electrons. The first-order valence-corrected chi connectivity index (χ1v) is 11.5. The van der Waals surface area contributed by atoms with Gasteiger partial charge >= 0.3 is 0 Å². The fourth-order valence-electron chi connectivity index (χ4n) is 5.57. The van der Waals surface area contributed by atoms with Crippen molar-refractivity contribution in [3.8, 4) is 0 Å². The summed E-state index contributed by atoms with van der Waals surface area (Å²) in [6, 6.07) is 40.9. The standard InChI is InChI=1S/C30H20BFN2/c32-21-19-28-30-29(20-21)34(23-13-5-2-6-14-23)27-18-10-8-16-25(27)31(30)24-15-7-9-17-26(24)33(28)22-11-3-1-4-12-22/h1-20H. The summed E-state index contributed by atoms with van der Waals surface area (Å²) >= 11 is 0. The van der Waals surface area contributed by atoms with E-state index in [-0.39, 0.29) is 12.5 Å². The molecule has 0 saturated carbocycles. The molecule has 5 aromatic carbocycles. The molecule has 2 heterocycles. The number of para-hydroxylation sites is 4. The second-order valence-corrected chi connectivity index (χ2v) is 8.75. The molecule has 0 spiro atoms. The third-order valence-corrected chi connectivity index (χ3v) is 6.88. The Labute approximate surface area is 198 Å². The summed E-state index contributed by atoms with van der Waals surface area (Å²) in [5.74, 6) is -0.242. The summed E-state index contributed by atoms with van der Waals surface area (Å²) < 4.78 is 15.4. The van der Waals surface area contributed by atoms with Gasteiger partial charge in [0.2, 0.25) is 0 Å². The molecule has 0 amide bonds. The van der Waals surface area contributed by atoms with Crippen LogP contribution < -0.4 is 26.2 Å². The molecule has 2 nitrogen and oxygen atoms in total. The number of hydrogen-bond acceptors (Lipinski definition) is 2. The third kappa shape index (κ3) is 2.69. The van der Waals surface area contributed by atoms with E-state index in [0.717, 1.165) is 39.6 Å². The van der Waals surface area contributed by atoms with Gasteiger partial charge in [0.25, 0.3) is 6.71 Å². The van der Waals surface area contributed by atoms with E-state index in [9.17, 15) is 0 Å². The highest BCUT2D eigenvalue weighted by molar-refractivity contribution is 7.00. The van der Waals surface area contributed by atoms with Crippen LogP contribution in [-0.2, 0) is 0 Å². The number of rotatable bonds is 2. The van der Waals surface area contributed by atoms with Gasteiger partial charge < -0.3 is 9.80 Å². The molecule has 0 atom stereocenters. The van der Waals surface area contributed by atoms with Crippen LogP contribution in [0.5, 0.6) is 0 Å². The molecule has 0 aromatic heterocycles. The molecular formula is C30H20BFN2. The molecule has 2 aliphatic rings. The zero-order chi connectivity index (χ0) is 22.6. The topological polar surface area (TPSA) is 6.48 Å². The van der Waals surface area contributed by atoms with Gasteiger partial charge in [-0.25, -0.2) is 4.39 Å². The van der Waals surface area contributed by atoms with E-state index in [4.69, 9.17) is 0 Å². The third-order valence-electron chi connectivity index (χ3n) is 6.88. The van der Waals surface area contributed by atoms with Crippen molar-refractivity contribution < 1.29 is 4.39 Å². The van der Waals surface area contributed by atoms with Crippen molar-refractivity contribution in [3.05, 3.63) is 127 Å². The van der Waals surface area contributed by atoms with Crippen molar-refractivity contribution in [2.45, 2.75) is 0 Å². The lowest BCUT2D eigenvalue weighted by Gasteiger charge is -2.44. The number of nitrogens with zero attached hydrogens (tertiary/aromatic N) is 2. The molecule has 0 aliphatic carbocycles. The van der Waals surface area contributed by atoms with Crippen LogP contribution in [-0.4, -0.2) is 6.71 Å². The summed E-state index contributed by atoms with van der Waals surface area (Å²) in [7, 11) is 0. The van der Waals surface area contributed by atoms with Crippen LogP contribution in [0.4, 0.5) is 38.5 Å². The van der Waals surface area contributed by atoms with Gasteiger partial charge in [0.15, 0.2) is 0 Å². The van der Waals surface area contributed by atoms with Crippen LogP contribution in [0.15, 0.2) is 121 Å². The normalized spacial score (nSPS) is 13.3. The molecule has 0 N–H and O–H groups in total. The Morgan fingerprint density at radius 3 is 1.35 bits per heavy atom. The molecule has 0 unspecified atom stereocenters. The lowest BCUT2D eigenvalue weighted by atomic mass is 9.33. The average Bonchev–Trinajstić information content (AvgIpc) is 2.89. The summed E-state index contributed by atoms with van der Waals surface area (Å²) in [6.45, 7) is 0.0259. The number of benzene rings is 5. The average molecular weight is 438 g/mol. The summed E-state index contributed by atoms with van der Waals surface area (Å²) in [5.41, 5.74) is 9.58. The van der Waals surface area contributed by atoms with Crippen LogP contribution in [0, 0.1) is 5.82 Å². The number of halogens is 1. The Kier molecular flexibility index (Phi) is 4.15. The minimum Gasteiger partial charge on any atom is -0.311 e. The highest BCUT2D eigenvalue weighted by Crippen LogP contribution is 2.43. The van der Waals surface area contributed by atoms with Crippen LogP contribution >= 0.6 is 0 Å². The predicted molar refractivity (Wildman–Crippen MR) is 140 cm³/mol. The largest absolute Gasteiger partial charge is 0.311 e. The quantitative estimate of drug-likeness (QED) is 0.310. The Balaban J connectivity index is 1.60. The van der Waals surface area contributed by atoms with E-state index in [1.165, 1.54) is 10.9 Å². The second kappa shape index (κ2) is 7.36. The van der Waals surface area contributed by atoms with Gasteiger partial charge in [-0.2, -0.15) is 0 Å². The minimum atomic E-state index is -0.242. The summed E-state index contributed by atoms with van der Waals surface area (Å²) in [6.07, 6.45) is 0. The van der Waals surface area contributed by atoms with Crippen molar-refractivity contribution in [2.24, 2.45) is 0 Å².